The standard InChI is InChI=1S/C13H17N5O2S/c1-9-12(3-2-6-14-9)18-21(19,20)13-10(8-16-17-13)7-15-11-4-5-11/h2-3,6,8,11,15,18H,4-5,7H2,1H3,(H,16,17). The molecule has 1 aliphatic rings. The van der Waals surface area contributed by atoms with E-state index in [9.17, 15) is 8.42 Å². The van der Waals surface area contributed by atoms with Crippen molar-refractivity contribution in [3.05, 3.63) is 35.8 Å². The van der Waals surface area contributed by atoms with Crippen molar-refractivity contribution in [1.29, 1.82) is 0 Å². The third kappa shape index (κ3) is 3.22. The number of hydrogen-bond donors (Lipinski definition) is 3. The topological polar surface area (TPSA) is 99.8 Å². The number of sulfonamides is 1. The Labute approximate surface area is 123 Å². The summed E-state index contributed by atoms with van der Waals surface area (Å²) in [6.45, 7) is 2.24. The molecule has 0 aliphatic heterocycles. The van der Waals surface area contributed by atoms with Crippen LogP contribution in [0.4, 0.5) is 5.69 Å². The molecule has 1 aliphatic carbocycles. The maximum atomic E-state index is 12.5. The molecule has 3 N–H and O–H groups in total. The Morgan fingerprint density at radius 1 is 1.43 bits per heavy atom. The largest absolute Gasteiger partial charge is 0.310 e. The molecule has 0 radical (unpaired) electrons. The van der Waals surface area contributed by atoms with Gasteiger partial charge in [-0.15, -0.1) is 0 Å². The van der Waals surface area contributed by atoms with Gasteiger partial charge >= 0.3 is 0 Å². The second kappa shape index (κ2) is 5.45. The van der Waals surface area contributed by atoms with Gasteiger partial charge in [-0.05, 0) is 31.9 Å². The predicted molar refractivity (Wildman–Crippen MR) is 78.2 cm³/mol. The maximum absolute atomic E-state index is 12.5. The number of aromatic nitrogens is 3. The van der Waals surface area contributed by atoms with Crippen LogP contribution in [0, 0.1) is 6.92 Å². The predicted octanol–water partition coefficient (Wildman–Crippen LogP) is 1.17. The quantitative estimate of drug-likeness (QED) is 0.744. The Morgan fingerprint density at radius 3 is 2.95 bits per heavy atom. The summed E-state index contributed by atoms with van der Waals surface area (Å²) in [7, 11) is -3.70. The maximum Gasteiger partial charge on any atom is 0.279 e. The Bertz CT molecular complexity index is 737. The minimum Gasteiger partial charge on any atom is -0.310 e. The molecule has 0 atom stereocenters. The van der Waals surface area contributed by atoms with Gasteiger partial charge in [-0.25, -0.2) is 0 Å². The Hall–Kier alpha value is -1.93. The van der Waals surface area contributed by atoms with Crippen LogP contribution >= 0.6 is 0 Å². The van der Waals surface area contributed by atoms with Gasteiger partial charge in [0.25, 0.3) is 10.0 Å². The molecular weight excluding hydrogens is 290 g/mol. The van der Waals surface area contributed by atoms with E-state index in [-0.39, 0.29) is 5.03 Å². The van der Waals surface area contributed by atoms with Crippen molar-refractivity contribution in [2.45, 2.75) is 37.4 Å². The molecule has 7 nitrogen and oxygen atoms in total. The number of anilines is 1. The highest BCUT2D eigenvalue weighted by Crippen LogP contribution is 2.22. The van der Waals surface area contributed by atoms with E-state index in [0.29, 0.717) is 29.5 Å². The monoisotopic (exact) mass is 307 g/mol. The lowest BCUT2D eigenvalue weighted by Gasteiger charge is -2.10. The van der Waals surface area contributed by atoms with Crippen molar-refractivity contribution in [1.82, 2.24) is 20.5 Å². The summed E-state index contributed by atoms with van der Waals surface area (Å²) >= 11 is 0. The highest BCUT2D eigenvalue weighted by atomic mass is 32.2. The first-order valence-electron chi connectivity index (χ1n) is 6.76. The number of nitrogens with one attached hydrogen (secondary N) is 3. The average molecular weight is 307 g/mol. The van der Waals surface area contributed by atoms with Gasteiger partial charge in [-0.1, -0.05) is 0 Å². The van der Waals surface area contributed by atoms with Crippen molar-refractivity contribution >= 4 is 15.7 Å². The van der Waals surface area contributed by atoms with E-state index in [1.165, 1.54) is 0 Å². The summed E-state index contributed by atoms with van der Waals surface area (Å²) in [5.41, 5.74) is 1.72. The van der Waals surface area contributed by atoms with E-state index in [0.717, 1.165) is 12.8 Å². The third-order valence-corrected chi connectivity index (χ3v) is 4.74. The third-order valence-electron chi connectivity index (χ3n) is 3.36. The molecule has 0 amide bonds. The number of H-pyrrole nitrogens is 1. The molecule has 0 aromatic carbocycles. The zero-order valence-electron chi connectivity index (χ0n) is 11.6. The van der Waals surface area contributed by atoms with Crippen molar-refractivity contribution in [3.8, 4) is 0 Å². The number of aryl methyl sites for hydroxylation is 1. The molecule has 0 unspecified atom stereocenters. The summed E-state index contributed by atoms with van der Waals surface area (Å²) in [5.74, 6) is 0. The lowest BCUT2D eigenvalue weighted by Crippen LogP contribution is -2.20. The number of pyridine rings is 1. The van der Waals surface area contributed by atoms with Gasteiger partial charge in [0.1, 0.15) is 0 Å². The van der Waals surface area contributed by atoms with Crippen LogP contribution in [0.1, 0.15) is 24.1 Å². The first-order valence-corrected chi connectivity index (χ1v) is 8.24. The Kier molecular flexibility index (Phi) is 3.64. The van der Waals surface area contributed by atoms with Crippen LogP contribution in [0.5, 0.6) is 0 Å². The van der Waals surface area contributed by atoms with E-state index in [1.807, 2.05) is 0 Å². The zero-order chi connectivity index (χ0) is 14.9. The molecular formula is C13H17N5O2S. The molecule has 0 bridgehead atoms. The summed E-state index contributed by atoms with van der Waals surface area (Å²) in [5, 5.41) is 9.80. The first kappa shape index (κ1) is 14.0. The van der Waals surface area contributed by atoms with Gasteiger partial charge in [0.05, 0.1) is 17.6 Å². The number of hydrogen-bond acceptors (Lipinski definition) is 5. The van der Waals surface area contributed by atoms with Crippen LogP contribution in [0.25, 0.3) is 0 Å². The molecule has 2 heterocycles. The fraction of sp³-hybridized carbons (Fsp3) is 0.385. The highest BCUT2D eigenvalue weighted by molar-refractivity contribution is 7.92. The Balaban J connectivity index is 1.81. The molecule has 2 aromatic rings. The molecule has 1 saturated carbocycles. The molecule has 3 rings (SSSR count). The van der Waals surface area contributed by atoms with Crippen molar-refractivity contribution < 1.29 is 8.42 Å². The number of rotatable bonds is 6. The van der Waals surface area contributed by atoms with Crippen LogP contribution in [0.15, 0.2) is 29.6 Å². The summed E-state index contributed by atoms with van der Waals surface area (Å²) < 4.78 is 27.5. The van der Waals surface area contributed by atoms with Gasteiger partial charge in [0.2, 0.25) is 0 Å². The lowest BCUT2D eigenvalue weighted by atomic mass is 10.3. The molecule has 0 spiro atoms. The average Bonchev–Trinajstić information content (AvgIpc) is 3.15. The molecule has 0 saturated heterocycles. The van der Waals surface area contributed by atoms with E-state index >= 15 is 0 Å². The van der Waals surface area contributed by atoms with Crippen LogP contribution in [-0.4, -0.2) is 29.6 Å². The fourth-order valence-corrected chi connectivity index (χ4v) is 3.24. The minimum absolute atomic E-state index is 0.0962. The van der Waals surface area contributed by atoms with Crippen molar-refractivity contribution in [3.63, 3.8) is 0 Å². The van der Waals surface area contributed by atoms with Crippen LogP contribution < -0.4 is 10.0 Å². The highest BCUT2D eigenvalue weighted by Gasteiger charge is 2.24. The smallest absolute Gasteiger partial charge is 0.279 e. The Morgan fingerprint density at radius 2 is 2.24 bits per heavy atom. The van der Waals surface area contributed by atoms with E-state index in [4.69, 9.17) is 0 Å². The van der Waals surface area contributed by atoms with Gasteiger partial charge in [0, 0.05) is 24.3 Å². The van der Waals surface area contributed by atoms with Gasteiger partial charge in [-0.2, -0.15) is 13.5 Å². The van der Waals surface area contributed by atoms with Gasteiger partial charge < -0.3 is 5.32 Å². The first-order chi connectivity index (χ1) is 10.1. The molecule has 112 valence electrons. The molecule has 2 aromatic heterocycles. The molecule has 8 heteroatoms. The fourth-order valence-electron chi connectivity index (χ4n) is 1.99. The van der Waals surface area contributed by atoms with Gasteiger partial charge in [0.15, 0.2) is 5.03 Å². The lowest BCUT2D eigenvalue weighted by molar-refractivity contribution is 0.593. The second-order valence-corrected chi connectivity index (χ2v) is 6.74. The number of aromatic amines is 1. The van der Waals surface area contributed by atoms with E-state index in [1.54, 1.807) is 31.5 Å². The normalized spacial score (nSPS) is 15.1. The molecule has 1 fully saturated rings. The molecule has 21 heavy (non-hydrogen) atoms. The van der Waals surface area contributed by atoms with Crippen LogP contribution in [0.3, 0.4) is 0 Å². The second-order valence-electron chi connectivity index (χ2n) is 5.12. The SMILES string of the molecule is Cc1ncccc1NS(=O)(=O)c1[nH]ncc1CNC1CC1. The van der Waals surface area contributed by atoms with Crippen LogP contribution in [-0.2, 0) is 16.6 Å². The summed E-state index contributed by atoms with van der Waals surface area (Å²) in [6, 6.07) is 3.87. The minimum atomic E-state index is -3.70. The van der Waals surface area contributed by atoms with Crippen molar-refractivity contribution in [2.75, 3.05) is 4.72 Å². The summed E-state index contributed by atoms with van der Waals surface area (Å²) in [4.78, 5) is 4.07. The number of nitrogens with zero attached hydrogens (tertiary/aromatic N) is 2. The van der Waals surface area contributed by atoms with E-state index < -0.39 is 10.0 Å². The van der Waals surface area contributed by atoms with Crippen molar-refractivity contribution in [2.24, 2.45) is 0 Å². The van der Waals surface area contributed by atoms with Crippen LogP contribution in [0.2, 0.25) is 0 Å². The summed E-state index contributed by atoms with van der Waals surface area (Å²) in [6.07, 6.45) is 5.45. The zero-order valence-corrected chi connectivity index (χ0v) is 12.4. The van der Waals surface area contributed by atoms with E-state index in [2.05, 4.69) is 25.2 Å². The van der Waals surface area contributed by atoms with Gasteiger partial charge in [-0.3, -0.25) is 14.8 Å².